The van der Waals surface area contributed by atoms with Gasteiger partial charge in [-0.15, -0.1) is 0 Å². The van der Waals surface area contributed by atoms with E-state index in [9.17, 15) is 4.79 Å². The summed E-state index contributed by atoms with van der Waals surface area (Å²) in [6.45, 7) is 4.07. The molecule has 0 aliphatic heterocycles. The normalized spacial score (nSPS) is 12.5. The Morgan fingerprint density at radius 1 is 1.53 bits per heavy atom. The molecule has 2 aromatic heterocycles. The molecule has 1 unspecified atom stereocenters. The summed E-state index contributed by atoms with van der Waals surface area (Å²) in [5.41, 5.74) is 1.08. The molecule has 102 valence electrons. The highest BCUT2D eigenvalue weighted by molar-refractivity contribution is 5.87. The first-order valence-electron chi connectivity index (χ1n) is 6.17. The van der Waals surface area contributed by atoms with E-state index in [4.69, 9.17) is 9.63 Å². The number of aliphatic carboxylic acids is 1. The van der Waals surface area contributed by atoms with Crippen LogP contribution >= 0.6 is 0 Å². The topological polar surface area (TPSA) is 101 Å². The van der Waals surface area contributed by atoms with Crippen LogP contribution < -0.4 is 5.32 Å². The highest BCUT2D eigenvalue weighted by Crippen LogP contribution is 2.22. The first-order valence-corrected chi connectivity index (χ1v) is 6.17. The number of aromatic nitrogens is 3. The maximum Gasteiger partial charge on any atom is 0.308 e. The van der Waals surface area contributed by atoms with Crippen molar-refractivity contribution in [1.82, 2.24) is 15.1 Å². The van der Waals surface area contributed by atoms with Crippen molar-refractivity contribution in [3.63, 3.8) is 0 Å². The molecule has 2 aromatic rings. The van der Waals surface area contributed by atoms with Crippen LogP contribution in [-0.4, -0.2) is 32.7 Å². The molecule has 2 N–H and O–H groups in total. The Balaban J connectivity index is 2.17. The second-order valence-corrected chi connectivity index (χ2v) is 4.38. The SMILES string of the molecule is CCCC(CNc1ncnc2onc(C)c12)C(=O)O. The molecule has 2 heterocycles. The molecular formula is C12H16N4O3. The largest absolute Gasteiger partial charge is 0.481 e. The molecule has 0 amide bonds. The zero-order chi connectivity index (χ0) is 13.8. The predicted molar refractivity (Wildman–Crippen MR) is 68.9 cm³/mol. The minimum absolute atomic E-state index is 0.319. The fraction of sp³-hybridized carbons (Fsp3) is 0.500. The van der Waals surface area contributed by atoms with Gasteiger partial charge in [0.1, 0.15) is 17.5 Å². The summed E-state index contributed by atoms with van der Waals surface area (Å²) in [7, 11) is 0. The highest BCUT2D eigenvalue weighted by atomic mass is 16.5. The van der Waals surface area contributed by atoms with Crippen LogP contribution in [0.1, 0.15) is 25.5 Å². The van der Waals surface area contributed by atoms with E-state index in [-0.39, 0.29) is 0 Å². The number of carboxylic acids is 1. The minimum Gasteiger partial charge on any atom is -0.481 e. The first kappa shape index (κ1) is 13.3. The highest BCUT2D eigenvalue weighted by Gasteiger charge is 2.18. The molecule has 19 heavy (non-hydrogen) atoms. The number of rotatable bonds is 6. The third kappa shape index (κ3) is 2.81. The van der Waals surface area contributed by atoms with Gasteiger partial charge in [-0.2, -0.15) is 4.98 Å². The van der Waals surface area contributed by atoms with Crippen molar-refractivity contribution >= 4 is 22.9 Å². The lowest BCUT2D eigenvalue weighted by molar-refractivity contribution is -0.141. The molecule has 0 aromatic carbocycles. The molecule has 0 saturated heterocycles. The second-order valence-electron chi connectivity index (χ2n) is 4.38. The van der Waals surface area contributed by atoms with Gasteiger partial charge in [0, 0.05) is 6.54 Å². The van der Waals surface area contributed by atoms with E-state index in [1.807, 2.05) is 6.92 Å². The third-order valence-electron chi connectivity index (χ3n) is 2.95. The number of carbonyl (C=O) groups is 1. The van der Waals surface area contributed by atoms with Crippen molar-refractivity contribution in [2.45, 2.75) is 26.7 Å². The Kier molecular flexibility index (Phi) is 3.94. The number of fused-ring (bicyclic) bond motifs is 1. The van der Waals surface area contributed by atoms with Crippen LogP contribution in [0.2, 0.25) is 0 Å². The summed E-state index contributed by atoms with van der Waals surface area (Å²) in [6, 6.07) is 0. The molecule has 0 fully saturated rings. The maximum atomic E-state index is 11.1. The van der Waals surface area contributed by atoms with Crippen LogP contribution in [-0.2, 0) is 4.79 Å². The lowest BCUT2D eigenvalue weighted by Crippen LogP contribution is -2.23. The van der Waals surface area contributed by atoms with Gasteiger partial charge in [0.25, 0.3) is 5.71 Å². The van der Waals surface area contributed by atoms with Crippen molar-refractivity contribution < 1.29 is 14.4 Å². The maximum absolute atomic E-state index is 11.1. The molecule has 7 nitrogen and oxygen atoms in total. The molecule has 0 saturated carbocycles. The summed E-state index contributed by atoms with van der Waals surface area (Å²) in [4.78, 5) is 19.2. The van der Waals surface area contributed by atoms with Gasteiger partial charge in [-0.25, -0.2) is 4.98 Å². The molecule has 0 spiro atoms. The summed E-state index contributed by atoms with van der Waals surface area (Å²) < 4.78 is 5.03. The Bertz CT molecular complexity index is 581. The Labute approximate surface area is 110 Å². The van der Waals surface area contributed by atoms with Crippen molar-refractivity contribution in [2.75, 3.05) is 11.9 Å². The zero-order valence-corrected chi connectivity index (χ0v) is 10.9. The third-order valence-corrected chi connectivity index (χ3v) is 2.95. The minimum atomic E-state index is -0.804. The summed E-state index contributed by atoms with van der Waals surface area (Å²) >= 11 is 0. The van der Waals surface area contributed by atoms with E-state index in [0.717, 1.165) is 6.42 Å². The van der Waals surface area contributed by atoms with E-state index in [2.05, 4.69) is 20.4 Å². The average molecular weight is 264 g/mol. The number of nitrogens with zero attached hydrogens (tertiary/aromatic N) is 3. The number of anilines is 1. The van der Waals surface area contributed by atoms with Crippen LogP contribution in [0.5, 0.6) is 0 Å². The van der Waals surface area contributed by atoms with Crippen molar-refractivity contribution in [1.29, 1.82) is 0 Å². The average Bonchev–Trinajstić information content (AvgIpc) is 2.77. The quantitative estimate of drug-likeness (QED) is 0.820. The Morgan fingerprint density at radius 2 is 2.32 bits per heavy atom. The number of nitrogens with one attached hydrogen (secondary N) is 1. The van der Waals surface area contributed by atoms with Crippen LogP contribution in [0.25, 0.3) is 11.1 Å². The number of hydrogen-bond donors (Lipinski definition) is 2. The second kappa shape index (κ2) is 5.64. The standard InChI is InChI=1S/C12H16N4O3/c1-3-4-8(12(17)18)5-13-10-9-7(2)16-19-11(9)15-6-14-10/h6,8H,3-5H2,1-2H3,(H,17,18)(H,13,14,15). The molecule has 0 radical (unpaired) electrons. The first-order chi connectivity index (χ1) is 9.13. The van der Waals surface area contributed by atoms with Crippen LogP contribution in [0.4, 0.5) is 5.82 Å². The van der Waals surface area contributed by atoms with Crippen molar-refractivity contribution in [2.24, 2.45) is 5.92 Å². The van der Waals surface area contributed by atoms with Crippen molar-refractivity contribution in [3.05, 3.63) is 12.0 Å². The summed E-state index contributed by atoms with van der Waals surface area (Å²) in [5, 5.41) is 16.7. The number of hydrogen-bond acceptors (Lipinski definition) is 6. The number of carboxylic acid groups (broad SMARTS) is 1. The lowest BCUT2D eigenvalue weighted by Gasteiger charge is -2.12. The van der Waals surface area contributed by atoms with E-state index in [1.54, 1.807) is 6.92 Å². The van der Waals surface area contributed by atoms with Gasteiger partial charge in [0.15, 0.2) is 0 Å². The molecule has 7 heteroatoms. The fourth-order valence-electron chi connectivity index (χ4n) is 1.94. The van der Waals surface area contributed by atoms with Crippen LogP contribution in [0, 0.1) is 12.8 Å². The Morgan fingerprint density at radius 3 is 3.00 bits per heavy atom. The molecule has 0 bridgehead atoms. The monoisotopic (exact) mass is 264 g/mol. The van der Waals surface area contributed by atoms with Gasteiger partial charge in [-0.1, -0.05) is 18.5 Å². The summed E-state index contributed by atoms with van der Waals surface area (Å²) in [5.74, 6) is -0.678. The lowest BCUT2D eigenvalue weighted by atomic mass is 10.0. The fourth-order valence-corrected chi connectivity index (χ4v) is 1.94. The van der Waals surface area contributed by atoms with Gasteiger partial charge in [-0.05, 0) is 13.3 Å². The van der Waals surface area contributed by atoms with E-state index >= 15 is 0 Å². The van der Waals surface area contributed by atoms with Gasteiger partial charge >= 0.3 is 5.97 Å². The molecule has 0 aliphatic carbocycles. The Hall–Kier alpha value is -2.18. The van der Waals surface area contributed by atoms with E-state index in [1.165, 1.54) is 6.33 Å². The van der Waals surface area contributed by atoms with Crippen molar-refractivity contribution in [3.8, 4) is 0 Å². The van der Waals surface area contributed by atoms with Crippen LogP contribution in [0.3, 0.4) is 0 Å². The van der Waals surface area contributed by atoms with Gasteiger partial charge in [0.05, 0.1) is 11.6 Å². The molecule has 2 rings (SSSR count). The van der Waals surface area contributed by atoms with Gasteiger partial charge in [0.2, 0.25) is 0 Å². The molecular weight excluding hydrogens is 248 g/mol. The van der Waals surface area contributed by atoms with E-state index in [0.29, 0.717) is 35.6 Å². The van der Waals surface area contributed by atoms with Gasteiger partial charge < -0.3 is 14.9 Å². The van der Waals surface area contributed by atoms with Crippen LogP contribution in [0.15, 0.2) is 10.9 Å². The van der Waals surface area contributed by atoms with Gasteiger partial charge in [-0.3, -0.25) is 4.79 Å². The predicted octanol–water partition coefficient (Wildman–Crippen LogP) is 1.84. The smallest absolute Gasteiger partial charge is 0.308 e. The van der Waals surface area contributed by atoms with E-state index < -0.39 is 11.9 Å². The molecule has 0 aliphatic rings. The zero-order valence-electron chi connectivity index (χ0n) is 10.9. The molecule has 1 atom stereocenters. The summed E-state index contributed by atoms with van der Waals surface area (Å²) in [6.07, 6.45) is 2.81. The number of aryl methyl sites for hydroxylation is 1.